The van der Waals surface area contributed by atoms with Crippen molar-refractivity contribution in [3.05, 3.63) is 216 Å². The van der Waals surface area contributed by atoms with Crippen LogP contribution in [0, 0.1) is 29.8 Å². The number of benzene rings is 7. The van der Waals surface area contributed by atoms with E-state index in [0.717, 1.165) is 98.3 Å². The number of fused-ring (bicyclic) bond motifs is 4. The summed E-state index contributed by atoms with van der Waals surface area (Å²) in [6.45, 7) is 4.18. The summed E-state index contributed by atoms with van der Waals surface area (Å²) in [6.07, 6.45) is 5.75. The van der Waals surface area contributed by atoms with E-state index in [-0.39, 0.29) is 0 Å². The zero-order valence-corrected chi connectivity index (χ0v) is 36.1. The molecule has 62 heavy (non-hydrogen) atoms. The van der Waals surface area contributed by atoms with Gasteiger partial charge in [-0.3, -0.25) is 4.98 Å². The molecular weight excluding hydrogens is 942 g/mol. The van der Waals surface area contributed by atoms with Gasteiger partial charge in [-0.1, -0.05) is 12.1 Å². The third-order valence-electron chi connectivity index (χ3n) is 11.5. The predicted molar refractivity (Wildman–Crippen MR) is 246 cm³/mol. The van der Waals surface area contributed by atoms with Gasteiger partial charge >= 0.3 is 294 Å². The predicted octanol–water partition coefficient (Wildman–Crippen LogP) is 13.4. The molecule has 0 atom stereocenters. The zero-order valence-electron chi connectivity index (χ0n) is 33.9. The number of rotatable bonds is 8. The van der Waals surface area contributed by atoms with Gasteiger partial charge in [0.2, 0.25) is 0 Å². The summed E-state index contributed by atoms with van der Waals surface area (Å²) in [5, 5.41) is 2.19. The second kappa shape index (κ2) is 15.6. The van der Waals surface area contributed by atoms with Gasteiger partial charge in [-0.15, -0.1) is 0 Å². The van der Waals surface area contributed by atoms with Crippen molar-refractivity contribution < 1.29 is 24.1 Å². The van der Waals surface area contributed by atoms with Crippen LogP contribution in [0.25, 0.3) is 83.4 Å². The van der Waals surface area contributed by atoms with Crippen LogP contribution in [0.3, 0.4) is 0 Å². The molecule has 0 unspecified atom stereocenters. The molecule has 0 aliphatic rings. The van der Waals surface area contributed by atoms with Crippen molar-refractivity contribution in [2.75, 3.05) is 0 Å². The summed E-state index contributed by atoms with van der Waals surface area (Å²) in [5.41, 5.74) is 15.1. The second-order valence-electron chi connectivity index (χ2n) is 15.3. The SMILES string of the molecule is Cc1cncc(C)c1-c1ccc(-n2c3[c-]c(Oc4[c-]c(-n5[c](=[Pt])n(-c6c(-c7ccccc7)cccc6-c6ccccc6)c6ccccc65)ccc4)ccc3c3ccccc32)nc1. The molecule has 0 aliphatic heterocycles. The number of para-hydroxylation sites is 4. The van der Waals surface area contributed by atoms with Gasteiger partial charge in [-0.05, 0) is 36.6 Å². The molecular formula is C55H37N5OPt-2. The summed E-state index contributed by atoms with van der Waals surface area (Å²) >= 11 is 2.47. The van der Waals surface area contributed by atoms with Crippen LogP contribution >= 0.6 is 0 Å². The monoisotopic (exact) mass is 978 g/mol. The molecule has 0 N–H and O–H groups in total. The first kappa shape index (κ1) is 37.6. The van der Waals surface area contributed by atoms with Gasteiger partial charge in [-0.2, -0.15) is 0 Å². The zero-order chi connectivity index (χ0) is 41.7. The maximum atomic E-state index is 6.66. The minimum Gasteiger partial charge on any atom is 0.0371 e. The third-order valence-corrected chi connectivity index (χ3v) is 12.5. The summed E-state index contributed by atoms with van der Waals surface area (Å²) < 4.78 is 14.5. The standard InChI is InChI=1S/C55H37N5O.Pt/c1-37-33-56-34-38(2)54(37)41-27-30-53(57-35-41)60-49-24-10-9-21-47(49)48-29-28-44(32-52(48)60)61-43-20-13-19-42(31-43)58-36-59(51-26-12-11-25-50(51)58)55-45(39-15-5-3-6-16-39)22-14-23-46(55)40-17-7-4-8-18-40;/h3-30,33-35H,1-2H3;/q-2;. The molecule has 11 rings (SSSR count). The average molecular weight is 979 g/mol. The van der Waals surface area contributed by atoms with Crippen molar-refractivity contribution in [3.8, 4) is 62.1 Å². The van der Waals surface area contributed by atoms with Crippen LogP contribution in [0.2, 0.25) is 0 Å². The maximum absolute atomic E-state index is 6.66. The van der Waals surface area contributed by atoms with E-state index < -0.39 is 0 Å². The van der Waals surface area contributed by atoms with Gasteiger partial charge < -0.3 is 0 Å². The Morgan fingerprint density at radius 2 is 1.10 bits per heavy atom. The Balaban J connectivity index is 1.01. The molecule has 0 fully saturated rings. The summed E-state index contributed by atoms with van der Waals surface area (Å²) in [6, 6.07) is 66.4. The Kier molecular flexibility index (Phi) is 9.44. The molecule has 300 valence electrons. The fraction of sp³-hybridized carbons (Fsp3) is 0.0364. The first-order valence-electron chi connectivity index (χ1n) is 20.5. The Labute approximate surface area is 370 Å². The molecule has 0 aliphatic carbocycles. The van der Waals surface area contributed by atoms with Gasteiger partial charge in [0.15, 0.2) is 0 Å². The molecule has 0 amide bonds. The first-order chi connectivity index (χ1) is 30.5. The molecule has 0 saturated heterocycles. The van der Waals surface area contributed by atoms with Crippen molar-refractivity contribution in [2.45, 2.75) is 13.8 Å². The summed E-state index contributed by atoms with van der Waals surface area (Å²) in [4.78, 5) is 9.37. The smallest absolute Gasteiger partial charge is 0.0371 e. The Bertz CT molecular complexity index is 3450. The Morgan fingerprint density at radius 1 is 0.484 bits per heavy atom. The van der Waals surface area contributed by atoms with Crippen molar-refractivity contribution in [2.24, 2.45) is 0 Å². The fourth-order valence-electron chi connectivity index (χ4n) is 8.78. The van der Waals surface area contributed by atoms with Crippen LogP contribution in [-0.2, 0) is 19.4 Å². The molecule has 0 bridgehead atoms. The normalized spacial score (nSPS) is 11.5. The van der Waals surface area contributed by atoms with E-state index >= 15 is 0 Å². The van der Waals surface area contributed by atoms with Crippen LogP contribution in [0.1, 0.15) is 11.1 Å². The number of aryl methyl sites for hydroxylation is 2. The number of nitrogens with zero attached hydrogens (tertiary/aromatic N) is 5. The summed E-state index contributed by atoms with van der Waals surface area (Å²) in [7, 11) is 0. The van der Waals surface area contributed by atoms with Crippen LogP contribution < -0.4 is 4.74 Å². The van der Waals surface area contributed by atoms with Crippen LogP contribution in [0.15, 0.2) is 188 Å². The van der Waals surface area contributed by atoms with E-state index in [1.165, 1.54) is 0 Å². The molecule has 7 heteroatoms. The second-order valence-corrected chi connectivity index (χ2v) is 16.3. The Hall–Kier alpha value is -7.40. The summed E-state index contributed by atoms with van der Waals surface area (Å²) in [5.74, 6) is 1.97. The number of hydrogen-bond acceptors (Lipinski definition) is 3. The molecule has 11 aromatic rings. The first-order valence-corrected chi connectivity index (χ1v) is 21.6. The number of aromatic nitrogens is 5. The minimum atomic E-state index is 0.584. The van der Waals surface area contributed by atoms with Crippen molar-refractivity contribution in [1.29, 1.82) is 0 Å². The molecule has 0 saturated carbocycles. The molecule has 6 nitrogen and oxygen atoms in total. The van der Waals surface area contributed by atoms with Crippen LogP contribution in [0.4, 0.5) is 0 Å². The van der Waals surface area contributed by atoms with Gasteiger partial charge in [0, 0.05) is 24.2 Å². The van der Waals surface area contributed by atoms with E-state index in [1.807, 2.05) is 36.8 Å². The van der Waals surface area contributed by atoms with E-state index in [9.17, 15) is 0 Å². The molecule has 4 aromatic heterocycles. The molecule has 0 radical (unpaired) electrons. The number of imidazole rings is 1. The fourth-order valence-corrected chi connectivity index (χ4v) is 9.85. The topological polar surface area (TPSA) is 49.8 Å². The van der Waals surface area contributed by atoms with E-state index in [4.69, 9.17) is 9.72 Å². The quantitative estimate of drug-likeness (QED) is 0.143. The minimum absolute atomic E-state index is 0.584. The van der Waals surface area contributed by atoms with Crippen molar-refractivity contribution in [1.82, 2.24) is 23.7 Å². The number of ether oxygens (including phenoxy) is 1. The van der Waals surface area contributed by atoms with E-state index in [1.54, 1.807) is 0 Å². The van der Waals surface area contributed by atoms with Crippen LogP contribution in [-0.4, -0.2) is 23.7 Å². The third kappa shape index (κ3) is 6.43. The Morgan fingerprint density at radius 3 is 1.77 bits per heavy atom. The van der Waals surface area contributed by atoms with Crippen molar-refractivity contribution in [3.63, 3.8) is 0 Å². The van der Waals surface area contributed by atoms with Gasteiger partial charge in [-0.25, -0.2) is 0 Å². The van der Waals surface area contributed by atoms with Gasteiger partial charge in [0.05, 0.1) is 0 Å². The molecule has 7 aromatic carbocycles. The van der Waals surface area contributed by atoms with E-state index in [2.05, 4.69) is 216 Å². The number of hydrogen-bond donors (Lipinski definition) is 0. The molecule has 0 spiro atoms. The average Bonchev–Trinajstić information content (AvgIpc) is 3.80. The molecule has 4 heterocycles. The van der Waals surface area contributed by atoms with E-state index in [0.29, 0.717) is 11.5 Å². The number of pyridine rings is 2. The van der Waals surface area contributed by atoms with Crippen LogP contribution in [0.5, 0.6) is 11.5 Å². The van der Waals surface area contributed by atoms with Gasteiger partial charge in [0.25, 0.3) is 0 Å². The van der Waals surface area contributed by atoms with Crippen molar-refractivity contribution >= 4 is 32.8 Å². The van der Waals surface area contributed by atoms with Gasteiger partial charge in [0.1, 0.15) is 0 Å².